The molecule has 0 spiro atoms. The van der Waals surface area contributed by atoms with Crippen LogP contribution in [-0.4, -0.2) is 0 Å². The average molecular weight is 277 g/mol. The second kappa shape index (κ2) is 5.16. The average Bonchev–Trinajstić information content (AvgIpc) is 2.90. The van der Waals surface area contributed by atoms with Crippen molar-refractivity contribution in [3.63, 3.8) is 0 Å². The lowest BCUT2D eigenvalue weighted by Gasteiger charge is -2.08. The molecule has 1 unspecified atom stereocenters. The lowest BCUT2D eigenvalue weighted by Crippen LogP contribution is -2.09. The van der Waals surface area contributed by atoms with Gasteiger partial charge in [0.25, 0.3) is 0 Å². The van der Waals surface area contributed by atoms with Crippen LogP contribution in [0.3, 0.4) is 0 Å². The third-order valence-corrected chi connectivity index (χ3v) is 6.18. The Hall–Kier alpha value is -0.640. The summed E-state index contributed by atoms with van der Waals surface area (Å²) in [6.07, 6.45) is 6.58. The molecule has 0 bridgehead atoms. The molecule has 96 valence electrons. The molecule has 2 aromatic heterocycles. The Bertz CT molecular complexity index is 515. The summed E-state index contributed by atoms with van der Waals surface area (Å²) < 4.78 is 0. The van der Waals surface area contributed by atoms with Gasteiger partial charge >= 0.3 is 0 Å². The summed E-state index contributed by atoms with van der Waals surface area (Å²) in [5.41, 5.74) is 9.33. The van der Waals surface area contributed by atoms with Gasteiger partial charge in [0.1, 0.15) is 0 Å². The number of thiophene rings is 2. The van der Waals surface area contributed by atoms with E-state index < -0.39 is 0 Å². The van der Waals surface area contributed by atoms with Crippen molar-refractivity contribution in [2.45, 2.75) is 45.1 Å². The predicted molar refractivity (Wildman–Crippen MR) is 80.7 cm³/mol. The summed E-state index contributed by atoms with van der Waals surface area (Å²) in [7, 11) is 0. The molecule has 0 aliphatic heterocycles. The van der Waals surface area contributed by atoms with Crippen molar-refractivity contribution in [2.24, 2.45) is 5.73 Å². The van der Waals surface area contributed by atoms with E-state index in [1.165, 1.54) is 47.4 Å². The van der Waals surface area contributed by atoms with Crippen LogP contribution in [-0.2, 0) is 12.8 Å². The maximum absolute atomic E-state index is 6.43. The molecule has 2 N–H and O–H groups in total. The van der Waals surface area contributed by atoms with E-state index in [-0.39, 0.29) is 6.04 Å². The van der Waals surface area contributed by atoms with Crippen LogP contribution in [0.2, 0.25) is 0 Å². The van der Waals surface area contributed by atoms with Crippen LogP contribution in [0.25, 0.3) is 0 Å². The van der Waals surface area contributed by atoms with Gasteiger partial charge in [-0.3, -0.25) is 0 Å². The lowest BCUT2D eigenvalue weighted by molar-refractivity contribution is 0.712. The first-order chi connectivity index (χ1) is 8.75. The van der Waals surface area contributed by atoms with Gasteiger partial charge in [0, 0.05) is 14.6 Å². The van der Waals surface area contributed by atoms with Gasteiger partial charge in [-0.25, -0.2) is 0 Å². The quantitative estimate of drug-likeness (QED) is 0.807. The molecule has 0 fully saturated rings. The SMILES string of the molecule is Cc1ccsc1C(N)c1cc2c(s1)CCCCC2. The summed E-state index contributed by atoms with van der Waals surface area (Å²) in [5, 5.41) is 2.14. The van der Waals surface area contributed by atoms with Crippen molar-refractivity contribution in [3.8, 4) is 0 Å². The van der Waals surface area contributed by atoms with Gasteiger partial charge in [0.2, 0.25) is 0 Å². The van der Waals surface area contributed by atoms with E-state index in [1.807, 2.05) is 11.3 Å². The molecule has 1 aliphatic rings. The molecule has 3 rings (SSSR count). The van der Waals surface area contributed by atoms with Gasteiger partial charge < -0.3 is 5.73 Å². The van der Waals surface area contributed by atoms with E-state index in [4.69, 9.17) is 5.73 Å². The number of rotatable bonds is 2. The zero-order valence-electron chi connectivity index (χ0n) is 10.7. The lowest BCUT2D eigenvalue weighted by atomic mass is 10.1. The third kappa shape index (κ3) is 2.27. The van der Waals surface area contributed by atoms with Crippen molar-refractivity contribution in [1.29, 1.82) is 0 Å². The fraction of sp³-hybridized carbons (Fsp3) is 0.467. The Balaban J connectivity index is 1.91. The number of hydrogen-bond donors (Lipinski definition) is 1. The molecule has 0 saturated carbocycles. The maximum atomic E-state index is 6.43. The summed E-state index contributed by atoms with van der Waals surface area (Å²) in [5.74, 6) is 0. The van der Waals surface area contributed by atoms with Gasteiger partial charge in [-0.15, -0.1) is 22.7 Å². The van der Waals surface area contributed by atoms with E-state index in [2.05, 4.69) is 24.4 Å². The van der Waals surface area contributed by atoms with Crippen LogP contribution in [0.15, 0.2) is 17.5 Å². The van der Waals surface area contributed by atoms with E-state index in [0.29, 0.717) is 0 Å². The van der Waals surface area contributed by atoms with Crippen molar-refractivity contribution in [2.75, 3.05) is 0 Å². The summed E-state index contributed by atoms with van der Waals surface area (Å²) in [4.78, 5) is 4.27. The molecular formula is C15H19NS2. The summed E-state index contributed by atoms with van der Waals surface area (Å²) in [6, 6.07) is 4.62. The van der Waals surface area contributed by atoms with Crippen LogP contribution < -0.4 is 5.73 Å². The highest BCUT2D eigenvalue weighted by atomic mass is 32.1. The zero-order valence-corrected chi connectivity index (χ0v) is 12.4. The molecule has 0 amide bonds. The second-order valence-corrected chi connectivity index (χ2v) is 7.22. The van der Waals surface area contributed by atoms with E-state index in [9.17, 15) is 0 Å². The topological polar surface area (TPSA) is 26.0 Å². The first kappa shape index (κ1) is 12.4. The Labute approximate surface area is 117 Å². The number of hydrogen-bond acceptors (Lipinski definition) is 3. The van der Waals surface area contributed by atoms with Gasteiger partial charge in [-0.1, -0.05) is 6.42 Å². The highest BCUT2D eigenvalue weighted by Gasteiger charge is 2.19. The predicted octanol–water partition coefficient (Wildman–Crippen LogP) is 4.44. The highest BCUT2D eigenvalue weighted by Crippen LogP contribution is 2.36. The van der Waals surface area contributed by atoms with Gasteiger partial charge in [0.15, 0.2) is 0 Å². The minimum absolute atomic E-state index is 0.0851. The Morgan fingerprint density at radius 1 is 1.22 bits per heavy atom. The normalized spacial score (nSPS) is 17.2. The molecule has 0 saturated heterocycles. The fourth-order valence-corrected chi connectivity index (χ4v) is 4.97. The first-order valence-electron chi connectivity index (χ1n) is 6.67. The molecule has 1 aliphatic carbocycles. The smallest absolute Gasteiger partial charge is 0.0742 e. The summed E-state index contributed by atoms with van der Waals surface area (Å²) in [6.45, 7) is 2.16. The third-order valence-electron chi connectivity index (χ3n) is 3.76. The van der Waals surface area contributed by atoms with E-state index in [0.717, 1.165) is 0 Å². The van der Waals surface area contributed by atoms with Crippen molar-refractivity contribution >= 4 is 22.7 Å². The maximum Gasteiger partial charge on any atom is 0.0742 e. The Morgan fingerprint density at radius 2 is 2.06 bits per heavy atom. The van der Waals surface area contributed by atoms with Gasteiger partial charge in [-0.05, 0) is 61.2 Å². The van der Waals surface area contributed by atoms with Gasteiger partial charge in [0.05, 0.1) is 6.04 Å². The first-order valence-corrected chi connectivity index (χ1v) is 8.36. The monoisotopic (exact) mass is 277 g/mol. The van der Waals surface area contributed by atoms with Gasteiger partial charge in [-0.2, -0.15) is 0 Å². The van der Waals surface area contributed by atoms with Crippen LogP contribution in [0.5, 0.6) is 0 Å². The molecule has 1 nitrogen and oxygen atoms in total. The molecule has 0 aromatic carbocycles. The number of aryl methyl sites for hydroxylation is 3. The summed E-state index contributed by atoms with van der Waals surface area (Å²) >= 11 is 3.73. The zero-order chi connectivity index (χ0) is 12.5. The molecule has 0 radical (unpaired) electrons. The highest BCUT2D eigenvalue weighted by molar-refractivity contribution is 7.13. The van der Waals surface area contributed by atoms with Crippen molar-refractivity contribution < 1.29 is 0 Å². The molecule has 18 heavy (non-hydrogen) atoms. The molecule has 1 atom stereocenters. The van der Waals surface area contributed by atoms with Crippen LogP contribution in [0.4, 0.5) is 0 Å². The molecule has 3 heteroatoms. The van der Waals surface area contributed by atoms with Crippen molar-refractivity contribution in [1.82, 2.24) is 0 Å². The van der Waals surface area contributed by atoms with Crippen LogP contribution in [0, 0.1) is 6.92 Å². The van der Waals surface area contributed by atoms with Crippen LogP contribution >= 0.6 is 22.7 Å². The minimum Gasteiger partial charge on any atom is -0.319 e. The minimum atomic E-state index is 0.0851. The van der Waals surface area contributed by atoms with Crippen LogP contribution in [0.1, 0.15) is 51.1 Å². The Kier molecular flexibility index (Phi) is 3.55. The van der Waals surface area contributed by atoms with Crippen molar-refractivity contribution in [3.05, 3.63) is 43.3 Å². The Morgan fingerprint density at radius 3 is 2.83 bits per heavy atom. The molecule has 2 aromatic rings. The molecular weight excluding hydrogens is 258 g/mol. The molecule has 2 heterocycles. The number of fused-ring (bicyclic) bond motifs is 1. The second-order valence-electron chi connectivity index (χ2n) is 5.10. The fourth-order valence-electron chi connectivity index (χ4n) is 2.68. The van der Waals surface area contributed by atoms with E-state index in [1.54, 1.807) is 21.8 Å². The van der Waals surface area contributed by atoms with E-state index >= 15 is 0 Å². The number of nitrogens with two attached hydrogens (primary N) is 1. The largest absolute Gasteiger partial charge is 0.319 e. The standard InChI is InChI=1S/C15H19NS2/c1-10-7-8-17-15(10)14(16)13-9-11-5-3-2-4-6-12(11)18-13/h7-9,14H,2-6,16H2,1H3.